The van der Waals surface area contributed by atoms with Gasteiger partial charge in [-0.05, 0) is 61.4 Å². The fourth-order valence-corrected chi connectivity index (χ4v) is 3.02. The zero-order valence-corrected chi connectivity index (χ0v) is 16.1. The maximum absolute atomic E-state index is 11.6. The molecule has 0 bridgehead atoms. The summed E-state index contributed by atoms with van der Waals surface area (Å²) in [6.07, 6.45) is 2.64. The van der Waals surface area contributed by atoms with Gasteiger partial charge in [-0.3, -0.25) is 0 Å². The van der Waals surface area contributed by atoms with Gasteiger partial charge in [0.15, 0.2) is 0 Å². The minimum Gasteiger partial charge on any atom is -0.493 e. The van der Waals surface area contributed by atoms with Gasteiger partial charge in [0.25, 0.3) is 0 Å². The highest BCUT2D eigenvalue weighted by Gasteiger charge is 2.27. The van der Waals surface area contributed by atoms with E-state index in [0.717, 1.165) is 12.2 Å². The maximum Gasteiger partial charge on any atom is 0.513 e. The zero-order chi connectivity index (χ0) is 19.2. The lowest BCUT2D eigenvalue weighted by Crippen LogP contribution is -2.11. The molecule has 5 heteroatoms. The summed E-state index contributed by atoms with van der Waals surface area (Å²) in [4.78, 5) is 11.6. The Morgan fingerprint density at radius 3 is 2.48 bits per heavy atom. The van der Waals surface area contributed by atoms with E-state index in [0.29, 0.717) is 29.6 Å². The average molecular weight is 370 g/mol. The van der Waals surface area contributed by atoms with E-state index in [1.54, 1.807) is 12.1 Å². The Morgan fingerprint density at radius 1 is 1.04 bits per heavy atom. The van der Waals surface area contributed by atoms with Gasteiger partial charge in [0.2, 0.25) is 0 Å². The summed E-state index contributed by atoms with van der Waals surface area (Å²) in [6.45, 7) is 4.81. The number of carbonyl (C=O) groups is 1. The van der Waals surface area contributed by atoms with Crippen molar-refractivity contribution >= 4 is 6.16 Å². The molecule has 1 saturated carbocycles. The van der Waals surface area contributed by atoms with Crippen LogP contribution in [0.5, 0.6) is 17.2 Å². The van der Waals surface area contributed by atoms with Gasteiger partial charge in [0.1, 0.15) is 23.9 Å². The Bertz CT molecular complexity index is 795. The Morgan fingerprint density at radius 2 is 1.81 bits per heavy atom. The van der Waals surface area contributed by atoms with E-state index < -0.39 is 6.16 Å². The van der Waals surface area contributed by atoms with Crippen LogP contribution in [-0.2, 0) is 17.8 Å². The van der Waals surface area contributed by atoms with Crippen LogP contribution < -0.4 is 14.2 Å². The molecule has 27 heavy (non-hydrogen) atoms. The molecule has 0 aromatic heterocycles. The smallest absolute Gasteiger partial charge is 0.493 e. The van der Waals surface area contributed by atoms with Crippen molar-refractivity contribution in [2.45, 2.75) is 45.6 Å². The molecule has 1 aliphatic rings. The van der Waals surface area contributed by atoms with Gasteiger partial charge in [-0.1, -0.05) is 25.1 Å². The molecular weight excluding hydrogens is 344 g/mol. The molecule has 1 aliphatic carbocycles. The first-order chi connectivity index (χ1) is 13.2. The third kappa shape index (κ3) is 4.73. The largest absolute Gasteiger partial charge is 0.513 e. The lowest BCUT2D eigenvalue weighted by molar-refractivity contribution is 0.120. The third-order valence-corrected chi connectivity index (χ3v) is 4.62. The van der Waals surface area contributed by atoms with Crippen LogP contribution in [0.2, 0.25) is 0 Å². The number of carbonyl (C=O) groups excluding carboxylic acids is 1. The van der Waals surface area contributed by atoms with Crippen molar-refractivity contribution in [2.75, 3.05) is 13.7 Å². The Kier molecular flexibility index (Phi) is 6.22. The molecule has 0 spiro atoms. The molecule has 0 unspecified atom stereocenters. The van der Waals surface area contributed by atoms with Crippen LogP contribution in [0.15, 0.2) is 36.4 Å². The Balaban J connectivity index is 1.85. The van der Waals surface area contributed by atoms with Crippen molar-refractivity contribution in [2.24, 2.45) is 0 Å². The van der Waals surface area contributed by atoms with Gasteiger partial charge in [-0.2, -0.15) is 0 Å². The SMILES string of the molecule is CCOc1cccc(OC(=O)OC)c1COc1ccc(CC)cc1C1CC1. The van der Waals surface area contributed by atoms with Gasteiger partial charge in [-0.25, -0.2) is 4.79 Å². The summed E-state index contributed by atoms with van der Waals surface area (Å²) in [5, 5.41) is 0. The predicted octanol–water partition coefficient (Wildman–Crippen LogP) is 5.25. The second-order valence-corrected chi connectivity index (χ2v) is 6.51. The van der Waals surface area contributed by atoms with E-state index in [1.807, 2.05) is 19.1 Å². The van der Waals surface area contributed by atoms with Crippen LogP contribution >= 0.6 is 0 Å². The lowest BCUT2D eigenvalue weighted by atomic mass is 10.0. The molecular formula is C22H26O5. The Hall–Kier alpha value is -2.69. The van der Waals surface area contributed by atoms with E-state index in [1.165, 1.54) is 31.1 Å². The number of aryl methyl sites for hydroxylation is 1. The average Bonchev–Trinajstić information content (AvgIpc) is 3.52. The standard InChI is InChI=1S/C22H26O5/c1-4-15-9-12-20(17(13-15)16-10-11-16)26-14-18-19(25-5-2)7-6-8-21(18)27-22(23)24-3/h6-9,12-13,16H,4-5,10-11,14H2,1-3H3. The minimum absolute atomic E-state index is 0.244. The molecule has 2 aromatic rings. The van der Waals surface area contributed by atoms with Gasteiger partial charge in [-0.15, -0.1) is 0 Å². The number of methoxy groups -OCH3 is 1. The molecule has 0 N–H and O–H groups in total. The summed E-state index contributed by atoms with van der Waals surface area (Å²) < 4.78 is 21.7. The van der Waals surface area contributed by atoms with Crippen molar-refractivity contribution in [3.63, 3.8) is 0 Å². The molecule has 0 radical (unpaired) electrons. The molecule has 2 aromatic carbocycles. The molecule has 0 aliphatic heterocycles. The lowest BCUT2D eigenvalue weighted by Gasteiger charge is -2.17. The summed E-state index contributed by atoms with van der Waals surface area (Å²) in [5.74, 6) is 2.48. The molecule has 144 valence electrons. The first-order valence-electron chi connectivity index (χ1n) is 9.42. The van der Waals surface area contributed by atoms with Crippen molar-refractivity contribution in [1.29, 1.82) is 0 Å². The molecule has 5 nitrogen and oxygen atoms in total. The minimum atomic E-state index is -0.768. The maximum atomic E-state index is 11.6. The normalized spacial score (nSPS) is 13.1. The second kappa shape index (κ2) is 8.80. The molecule has 0 atom stereocenters. The van der Waals surface area contributed by atoms with Crippen molar-refractivity contribution in [3.8, 4) is 17.2 Å². The number of hydrogen-bond donors (Lipinski definition) is 0. The van der Waals surface area contributed by atoms with Crippen LogP contribution in [0.25, 0.3) is 0 Å². The third-order valence-electron chi connectivity index (χ3n) is 4.62. The van der Waals surface area contributed by atoms with E-state index in [4.69, 9.17) is 14.2 Å². The topological polar surface area (TPSA) is 54.0 Å². The van der Waals surface area contributed by atoms with Crippen molar-refractivity contribution < 1.29 is 23.7 Å². The molecule has 0 saturated heterocycles. The van der Waals surface area contributed by atoms with Crippen LogP contribution in [0.4, 0.5) is 4.79 Å². The molecule has 3 rings (SSSR count). The first kappa shape index (κ1) is 19.1. The predicted molar refractivity (Wildman–Crippen MR) is 103 cm³/mol. The van der Waals surface area contributed by atoms with Crippen LogP contribution in [0.3, 0.4) is 0 Å². The molecule has 1 fully saturated rings. The van der Waals surface area contributed by atoms with E-state index in [2.05, 4.69) is 23.8 Å². The van der Waals surface area contributed by atoms with E-state index in [-0.39, 0.29) is 6.61 Å². The van der Waals surface area contributed by atoms with Gasteiger partial charge >= 0.3 is 6.16 Å². The summed E-state index contributed by atoms with van der Waals surface area (Å²) in [7, 11) is 1.28. The summed E-state index contributed by atoms with van der Waals surface area (Å²) in [6, 6.07) is 11.7. The molecule has 0 amide bonds. The number of hydrogen-bond acceptors (Lipinski definition) is 5. The first-order valence-corrected chi connectivity index (χ1v) is 9.42. The van der Waals surface area contributed by atoms with Crippen LogP contribution in [-0.4, -0.2) is 19.9 Å². The second-order valence-electron chi connectivity index (χ2n) is 6.51. The highest BCUT2D eigenvalue weighted by Crippen LogP contribution is 2.45. The highest BCUT2D eigenvalue weighted by molar-refractivity contribution is 5.65. The fourth-order valence-electron chi connectivity index (χ4n) is 3.02. The van der Waals surface area contributed by atoms with Gasteiger partial charge in [0, 0.05) is 0 Å². The number of rotatable bonds is 8. The van der Waals surface area contributed by atoms with E-state index >= 15 is 0 Å². The summed E-state index contributed by atoms with van der Waals surface area (Å²) >= 11 is 0. The van der Waals surface area contributed by atoms with Crippen LogP contribution in [0.1, 0.15) is 49.3 Å². The van der Waals surface area contributed by atoms with Gasteiger partial charge in [0.05, 0.1) is 19.3 Å². The monoisotopic (exact) mass is 370 g/mol. The molecule has 0 heterocycles. The van der Waals surface area contributed by atoms with Crippen molar-refractivity contribution in [1.82, 2.24) is 0 Å². The number of benzene rings is 2. The quantitative estimate of drug-likeness (QED) is 0.469. The van der Waals surface area contributed by atoms with Gasteiger partial charge < -0.3 is 18.9 Å². The fraction of sp³-hybridized carbons (Fsp3) is 0.409. The van der Waals surface area contributed by atoms with Crippen molar-refractivity contribution in [3.05, 3.63) is 53.1 Å². The highest BCUT2D eigenvalue weighted by atomic mass is 16.7. The zero-order valence-electron chi connectivity index (χ0n) is 16.1. The number of ether oxygens (including phenoxy) is 4. The van der Waals surface area contributed by atoms with E-state index in [9.17, 15) is 4.79 Å². The Labute approximate surface area is 160 Å². The summed E-state index contributed by atoms with van der Waals surface area (Å²) in [5.41, 5.74) is 3.26. The van der Waals surface area contributed by atoms with Crippen LogP contribution in [0, 0.1) is 0 Å².